The summed E-state index contributed by atoms with van der Waals surface area (Å²) in [4.78, 5) is 45.6. The lowest BCUT2D eigenvalue weighted by Gasteiger charge is -2.55. The van der Waals surface area contributed by atoms with Crippen LogP contribution in [0.2, 0.25) is 18.1 Å². The Morgan fingerprint density at radius 3 is 2.21 bits per heavy atom. The molecule has 0 bridgehead atoms. The monoisotopic (exact) mass is 800 g/mol. The second-order valence-electron chi connectivity index (χ2n) is 17.2. The highest BCUT2D eigenvalue weighted by Crippen LogP contribution is 2.59. The summed E-state index contributed by atoms with van der Waals surface area (Å²) in [5.41, 5.74) is -3.32. The van der Waals surface area contributed by atoms with Crippen molar-refractivity contribution in [2.75, 3.05) is 14.1 Å². The molecule has 2 aromatic carbocycles. The van der Waals surface area contributed by atoms with Gasteiger partial charge in [0.25, 0.3) is 5.88 Å². The van der Waals surface area contributed by atoms with Gasteiger partial charge >= 0.3 is 12.5 Å². The molecule has 3 aliphatic carbocycles. The smallest absolute Gasteiger partial charge is 0.507 e. The number of ether oxygens (including phenoxy) is 4. The van der Waals surface area contributed by atoms with Crippen molar-refractivity contribution in [3.63, 3.8) is 0 Å². The molecule has 0 amide bonds. The van der Waals surface area contributed by atoms with Crippen LogP contribution in [0.5, 0.6) is 17.4 Å². The first-order chi connectivity index (χ1) is 25.9. The van der Waals surface area contributed by atoms with Gasteiger partial charge in [-0.3, -0.25) is 14.5 Å². The number of carbonyl (C=O) groups excluding carboxylic acids is 3. The Hall–Kier alpha value is -4.67. The molecule has 12 nitrogen and oxygen atoms in total. The lowest BCUT2D eigenvalue weighted by atomic mass is 9.57. The largest absolute Gasteiger partial charge is 0.573 e. The fraction of sp³-hybridized carbons (Fsp3) is 0.500. The van der Waals surface area contributed by atoms with Crippen LogP contribution in [-0.4, -0.2) is 72.9 Å². The Morgan fingerprint density at radius 1 is 0.982 bits per heavy atom. The van der Waals surface area contributed by atoms with Gasteiger partial charge in [0.05, 0.1) is 11.6 Å². The number of alkyl halides is 3. The average molecular weight is 801 g/mol. The molecule has 0 spiro atoms. The zero-order valence-corrected chi connectivity index (χ0v) is 34.0. The Bertz CT molecular complexity index is 2080. The van der Waals surface area contributed by atoms with Crippen molar-refractivity contribution in [1.82, 2.24) is 10.1 Å². The van der Waals surface area contributed by atoms with E-state index in [0.717, 1.165) is 17.7 Å². The van der Waals surface area contributed by atoms with Crippen molar-refractivity contribution in [2.24, 2.45) is 11.8 Å². The van der Waals surface area contributed by atoms with Crippen LogP contribution in [-0.2, 0) is 27.0 Å². The van der Waals surface area contributed by atoms with Gasteiger partial charge in [-0.15, -0.1) is 13.2 Å². The molecular weight excluding hydrogens is 754 g/mol. The minimum atomic E-state index is -5.12. The number of hydrogen-bond acceptors (Lipinski definition) is 12. The summed E-state index contributed by atoms with van der Waals surface area (Å²) in [5, 5.41) is 15.8. The number of rotatable bonds is 8. The van der Waals surface area contributed by atoms with E-state index in [4.69, 9.17) is 23.2 Å². The summed E-state index contributed by atoms with van der Waals surface area (Å²) in [6, 6.07) is 10.4. The normalized spacial score (nSPS) is 22.6. The first-order valence-corrected chi connectivity index (χ1v) is 21.2. The molecule has 0 saturated heterocycles. The van der Waals surface area contributed by atoms with E-state index in [0.29, 0.717) is 0 Å². The van der Waals surface area contributed by atoms with Crippen LogP contribution in [0.3, 0.4) is 0 Å². The predicted molar refractivity (Wildman–Crippen MR) is 199 cm³/mol. The molecule has 302 valence electrons. The summed E-state index contributed by atoms with van der Waals surface area (Å²) >= 11 is 0. The number of halogens is 3. The second kappa shape index (κ2) is 14.1. The third-order valence-corrected chi connectivity index (χ3v) is 15.4. The molecule has 3 aromatic rings. The van der Waals surface area contributed by atoms with Crippen LogP contribution >= 0.6 is 0 Å². The van der Waals surface area contributed by atoms with Crippen LogP contribution in [0.25, 0.3) is 5.76 Å². The second-order valence-corrected chi connectivity index (χ2v) is 21.9. The highest BCUT2D eigenvalue weighted by atomic mass is 28.4. The van der Waals surface area contributed by atoms with Gasteiger partial charge < -0.3 is 33.0 Å². The van der Waals surface area contributed by atoms with Gasteiger partial charge in [0.1, 0.15) is 35.0 Å². The Morgan fingerprint density at radius 2 is 1.62 bits per heavy atom. The van der Waals surface area contributed by atoms with Crippen LogP contribution in [0.4, 0.5) is 18.0 Å². The quantitative estimate of drug-likeness (QED) is 0.101. The molecule has 1 N–H and O–H groups in total. The van der Waals surface area contributed by atoms with Gasteiger partial charge in [-0.1, -0.05) is 51.1 Å². The maximum absolute atomic E-state index is 15.6. The molecule has 1 aromatic heterocycles. The number of Topliss-reactive ketones (excluding diaryl/α,β-unsaturated/α-hetero) is 2. The third kappa shape index (κ3) is 7.33. The minimum absolute atomic E-state index is 0.0171. The number of benzene rings is 2. The summed E-state index contributed by atoms with van der Waals surface area (Å²) in [5.74, 6) is -5.32. The number of aromatic nitrogens is 1. The van der Waals surface area contributed by atoms with Gasteiger partial charge in [0.15, 0.2) is 19.7 Å². The van der Waals surface area contributed by atoms with Crippen molar-refractivity contribution >= 4 is 31.8 Å². The average Bonchev–Trinajstić information content (AvgIpc) is 3.48. The number of carbonyl (C=O) groups is 3. The zero-order chi connectivity index (χ0) is 41.3. The summed E-state index contributed by atoms with van der Waals surface area (Å²) in [6.07, 6.45) is -6.59. The molecule has 0 unspecified atom stereocenters. The van der Waals surface area contributed by atoms with E-state index in [9.17, 15) is 23.1 Å². The Balaban J connectivity index is 1.57. The van der Waals surface area contributed by atoms with Crippen molar-refractivity contribution in [3.05, 3.63) is 76.1 Å². The van der Waals surface area contributed by atoms with Crippen molar-refractivity contribution in [2.45, 2.75) is 103 Å². The van der Waals surface area contributed by atoms with E-state index < -0.39 is 78.0 Å². The van der Waals surface area contributed by atoms with Crippen molar-refractivity contribution in [3.8, 4) is 17.4 Å². The van der Waals surface area contributed by atoms with E-state index in [2.05, 4.69) is 9.89 Å². The number of hydrogen-bond donors (Lipinski definition) is 1. The zero-order valence-electron chi connectivity index (χ0n) is 33.0. The molecule has 3 aliphatic rings. The van der Waals surface area contributed by atoms with E-state index in [1.165, 1.54) is 0 Å². The minimum Gasteiger partial charge on any atom is -0.507 e. The fourth-order valence-electron chi connectivity index (χ4n) is 7.58. The highest BCUT2D eigenvalue weighted by Gasteiger charge is 2.69. The lowest BCUT2D eigenvalue weighted by Crippen LogP contribution is -2.68. The van der Waals surface area contributed by atoms with Crippen LogP contribution in [0.1, 0.15) is 86.8 Å². The number of aliphatic hydroxyl groups excluding tert-OH is 1. The molecule has 4 atom stereocenters. The van der Waals surface area contributed by atoms with E-state index in [1.807, 2.05) is 64.2 Å². The lowest BCUT2D eigenvalue weighted by molar-refractivity contribution is -0.275. The summed E-state index contributed by atoms with van der Waals surface area (Å²) in [7, 11) is 0.411. The standard InChI is InChI=1S/C40H47F3N2O10Si/c1-37(2,3)53-36(49)51-26-17-16-25(52-40(41,42)43)23-18-22-19-24-30(45(7)8)32-29(35(44-54-32)50-20-21-14-12-11-13-15-21)34(48)39(24,55-56(9,10)38(4,5)6)33(47)27(22)31(46)28(23)26/h11-17,22,24,30,46H,18-20H2,1-10H3/t22-,24-,30-,39-/m0/s1. The van der Waals surface area contributed by atoms with Gasteiger partial charge in [-0.25, -0.2) is 4.79 Å². The predicted octanol–water partition coefficient (Wildman–Crippen LogP) is 8.76. The third-order valence-electron chi connectivity index (χ3n) is 10.9. The maximum atomic E-state index is 15.6. The van der Waals surface area contributed by atoms with E-state index in [1.54, 1.807) is 39.8 Å². The number of fused-ring (bicyclic) bond motifs is 4. The summed E-state index contributed by atoms with van der Waals surface area (Å²) < 4.78 is 75.4. The van der Waals surface area contributed by atoms with Gasteiger partial charge in [-0.05, 0) is 94.6 Å². The number of aliphatic hydroxyl groups is 1. The SMILES string of the molecule is CN(C)[C@@H]1c2onc(OCc3ccccc3)c2C(=O)[C@@]2(O[Si](C)(C)C(C)(C)C)C(=O)C3=C(O)c4c(OC(=O)OC(C)(C)C)ccc(OC(F)(F)F)c4C[C@H]3C[C@@H]12. The van der Waals surface area contributed by atoms with Gasteiger partial charge in [0, 0.05) is 17.1 Å². The number of ketones is 2. The molecular formula is C40H47F3N2O10Si. The molecule has 1 fully saturated rings. The first kappa shape index (κ1) is 41.0. The fourth-order valence-corrected chi connectivity index (χ4v) is 9.03. The van der Waals surface area contributed by atoms with Gasteiger partial charge in [0.2, 0.25) is 11.6 Å². The Kier molecular flexibility index (Phi) is 10.3. The molecule has 16 heteroatoms. The van der Waals surface area contributed by atoms with Crippen LogP contribution < -0.4 is 14.2 Å². The molecule has 56 heavy (non-hydrogen) atoms. The highest BCUT2D eigenvalue weighted by molar-refractivity contribution is 6.74. The van der Waals surface area contributed by atoms with Gasteiger partial charge in [-0.2, -0.15) is 0 Å². The molecule has 1 saturated carbocycles. The maximum Gasteiger partial charge on any atom is 0.573 e. The molecule has 1 heterocycles. The first-order valence-electron chi connectivity index (χ1n) is 18.2. The van der Waals surface area contributed by atoms with Crippen molar-refractivity contribution < 1.29 is 60.6 Å². The summed E-state index contributed by atoms with van der Waals surface area (Å²) in [6.45, 7) is 14.4. The van der Waals surface area contributed by atoms with Crippen LogP contribution in [0, 0.1) is 11.8 Å². The van der Waals surface area contributed by atoms with Crippen LogP contribution in [0.15, 0.2) is 52.6 Å². The number of nitrogens with zero attached hydrogens (tertiary/aromatic N) is 2. The molecule has 0 radical (unpaired) electrons. The molecule has 0 aliphatic heterocycles. The topological polar surface area (TPSA) is 147 Å². The van der Waals surface area contributed by atoms with E-state index >= 15 is 9.59 Å². The molecule has 6 rings (SSSR count). The Labute approximate surface area is 324 Å². The van der Waals surface area contributed by atoms with E-state index in [-0.39, 0.29) is 59.1 Å². The van der Waals surface area contributed by atoms with Crippen molar-refractivity contribution in [1.29, 1.82) is 0 Å².